The van der Waals surface area contributed by atoms with Gasteiger partial charge in [0, 0.05) is 17.1 Å². The van der Waals surface area contributed by atoms with Crippen molar-refractivity contribution in [3.63, 3.8) is 0 Å². The molecule has 0 spiro atoms. The Morgan fingerprint density at radius 2 is 2.05 bits per heavy atom. The lowest BCUT2D eigenvalue weighted by molar-refractivity contribution is 0.0994. The van der Waals surface area contributed by atoms with Gasteiger partial charge in [-0.3, -0.25) is 4.79 Å². The number of hydrogen-bond donors (Lipinski definition) is 1. The van der Waals surface area contributed by atoms with Gasteiger partial charge in [0.15, 0.2) is 10.1 Å². The molecule has 1 aromatic heterocycles. The molecule has 0 saturated carbocycles. The van der Waals surface area contributed by atoms with Gasteiger partial charge in [0.1, 0.15) is 0 Å². The second kappa shape index (κ2) is 6.49. The molecule has 0 fully saturated rings. The van der Waals surface area contributed by atoms with Crippen LogP contribution in [0.25, 0.3) is 0 Å². The van der Waals surface area contributed by atoms with Crippen LogP contribution in [0.4, 0.5) is 5.13 Å². The minimum absolute atomic E-state index is 0.0960. The van der Waals surface area contributed by atoms with Crippen molar-refractivity contribution in [2.75, 3.05) is 12.4 Å². The number of thioether (sulfide) groups is 1. The summed E-state index contributed by atoms with van der Waals surface area (Å²) in [4.78, 5) is 12.2. The molecule has 0 unspecified atom stereocenters. The van der Waals surface area contributed by atoms with Crippen LogP contribution in [0.1, 0.15) is 17.3 Å². The molecule has 4 nitrogen and oxygen atoms in total. The number of carbonyl (C=O) groups excluding carboxylic acids is 1. The number of halogens is 1. The molecule has 1 N–H and O–H groups in total. The van der Waals surface area contributed by atoms with Crippen molar-refractivity contribution in [1.29, 1.82) is 0 Å². The zero-order chi connectivity index (χ0) is 13.8. The summed E-state index contributed by atoms with van der Waals surface area (Å²) in [5.41, 5.74) is 0.710. The zero-order valence-corrected chi connectivity index (χ0v) is 13.6. The van der Waals surface area contributed by atoms with Crippen molar-refractivity contribution >= 4 is 49.9 Å². The van der Waals surface area contributed by atoms with Crippen LogP contribution in [0.15, 0.2) is 33.1 Å². The number of nitrogens with zero attached hydrogens (tertiary/aromatic N) is 2. The van der Waals surface area contributed by atoms with E-state index in [-0.39, 0.29) is 11.0 Å². The van der Waals surface area contributed by atoms with Crippen LogP contribution < -0.4 is 5.32 Å². The van der Waals surface area contributed by atoms with Crippen LogP contribution in [0.2, 0.25) is 0 Å². The fourth-order valence-electron chi connectivity index (χ4n) is 1.41. The van der Waals surface area contributed by atoms with Gasteiger partial charge in [-0.15, -0.1) is 10.2 Å². The molecule has 1 heterocycles. The summed E-state index contributed by atoms with van der Waals surface area (Å²) in [6.07, 6.45) is 0. The van der Waals surface area contributed by atoms with Gasteiger partial charge in [0.2, 0.25) is 5.13 Å². The van der Waals surface area contributed by atoms with Crippen molar-refractivity contribution in [3.8, 4) is 0 Å². The lowest BCUT2D eigenvalue weighted by atomic mass is 10.1. The summed E-state index contributed by atoms with van der Waals surface area (Å²) in [5.74, 6) is 0.0960. The smallest absolute Gasteiger partial charge is 0.206 e. The van der Waals surface area contributed by atoms with Crippen molar-refractivity contribution in [1.82, 2.24) is 10.2 Å². The maximum absolute atomic E-state index is 12.2. The lowest BCUT2D eigenvalue weighted by Gasteiger charge is -2.07. The Balaban J connectivity index is 2.04. The van der Waals surface area contributed by atoms with Crippen LogP contribution in [0.3, 0.4) is 0 Å². The first kappa shape index (κ1) is 14.5. The molecule has 100 valence electrons. The molecule has 2 rings (SSSR count). The first-order valence-corrected chi connectivity index (χ1v) is 8.06. The van der Waals surface area contributed by atoms with Gasteiger partial charge >= 0.3 is 0 Å². The molecule has 0 amide bonds. The normalized spacial score (nSPS) is 12.2. The molecule has 19 heavy (non-hydrogen) atoms. The fraction of sp³-hybridized carbons (Fsp3) is 0.250. The third kappa shape index (κ3) is 3.77. The van der Waals surface area contributed by atoms with E-state index < -0.39 is 0 Å². The molecule has 0 aliphatic carbocycles. The van der Waals surface area contributed by atoms with E-state index in [1.807, 2.05) is 31.2 Å². The first-order chi connectivity index (χ1) is 9.10. The number of aromatic nitrogens is 2. The molecule has 1 aromatic carbocycles. The van der Waals surface area contributed by atoms with E-state index in [1.165, 1.54) is 23.1 Å². The van der Waals surface area contributed by atoms with Crippen molar-refractivity contribution < 1.29 is 4.79 Å². The van der Waals surface area contributed by atoms with Gasteiger partial charge in [-0.2, -0.15) is 0 Å². The first-order valence-electron chi connectivity index (χ1n) is 5.58. The largest absolute Gasteiger partial charge is 0.363 e. The highest BCUT2D eigenvalue weighted by Gasteiger charge is 2.18. The highest BCUT2D eigenvalue weighted by molar-refractivity contribution is 9.10. The Bertz CT molecular complexity index is 571. The van der Waals surface area contributed by atoms with E-state index in [0.29, 0.717) is 5.56 Å². The van der Waals surface area contributed by atoms with Crippen LogP contribution in [0.5, 0.6) is 0 Å². The molecule has 7 heteroatoms. The quantitative estimate of drug-likeness (QED) is 0.652. The number of nitrogens with one attached hydrogen (secondary N) is 1. The molecule has 0 aliphatic rings. The minimum atomic E-state index is -0.182. The lowest BCUT2D eigenvalue weighted by Crippen LogP contribution is -2.13. The molecular formula is C12H12BrN3OS2. The van der Waals surface area contributed by atoms with E-state index in [9.17, 15) is 4.79 Å². The Hall–Kier alpha value is -0.920. The summed E-state index contributed by atoms with van der Waals surface area (Å²) in [6, 6.07) is 7.38. The maximum Gasteiger partial charge on any atom is 0.206 e. The standard InChI is InChI=1S/C12H12BrN3OS2/c1-7(18-12-16-15-11(14-2)19-12)10(17)8-3-5-9(13)6-4-8/h3-7H,1-2H3,(H,14,15)/t7-/m0/s1. The van der Waals surface area contributed by atoms with Gasteiger partial charge in [0.05, 0.1) is 5.25 Å². The highest BCUT2D eigenvalue weighted by Crippen LogP contribution is 2.30. The Morgan fingerprint density at radius 3 is 2.63 bits per heavy atom. The van der Waals surface area contributed by atoms with Crippen molar-refractivity contribution in [2.24, 2.45) is 0 Å². The van der Waals surface area contributed by atoms with Gasteiger partial charge in [-0.05, 0) is 19.1 Å². The van der Waals surface area contributed by atoms with E-state index in [2.05, 4.69) is 31.4 Å². The van der Waals surface area contributed by atoms with Crippen LogP contribution in [-0.4, -0.2) is 28.3 Å². The number of rotatable bonds is 5. The summed E-state index contributed by atoms with van der Waals surface area (Å²) in [7, 11) is 1.80. The van der Waals surface area contributed by atoms with E-state index in [1.54, 1.807) is 7.05 Å². The van der Waals surface area contributed by atoms with Gasteiger partial charge in [-0.25, -0.2) is 0 Å². The number of hydrogen-bond acceptors (Lipinski definition) is 6. The topological polar surface area (TPSA) is 54.9 Å². The summed E-state index contributed by atoms with van der Waals surface area (Å²) in [5, 5.41) is 11.5. The summed E-state index contributed by atoms with van der Waals surface area (Å²) >= 11 is 6.23. The third-order valence-electron chi connectivity index (χ3n) is 2.40. The van der Waals surface area contributed by atoms with Crippen LogP contribution in [-0.2, 0) is 0 Å². The Labute approximate surface area is 128 Å². The second-order valence-corrected chi connectivity index (χ2v) is 7.24. The number of anilines is 1. The van der Waals surface area contributed by atoms with Gasteiger partial charge in [0.25, 0.3) is 0 Å². The van der Waals surface area contributed by atoms with Crippen LogP contribution in [0, 0.1) is 0 Å². The molecule has 2 aromatic rings. The molecule has 0 radical (unpaired) electrons. The van der Waals surface area contributed by atoms with Crippen molar-refractivity contribution in [2.45, 2.75) is 16.5 Å². The maximum atomic E-state index is 12.2. The average molecular weight is 358 g/mol. The summed E-state index contributed by atoms with van der Waals surface area (Å²) < 4.78 is 1.76. The fourth-order valence-corrected chi connectivity index (χ4v) is 3.60. The Kier molecular flexibility index (Phi) is 4.95. The average Bonchev–Trinajstić information content (AvgIpc) is 2.86. The minimum Gasteiger partial charge on any atom is -0.363 e. The number of ketones is 1. The van der Waals surface area contributed by atoms with Crippen LogP contribution >= 0.6 is 39.0 Å². The number of benzene rings is 1. The SMILES string of the molecule is CNc1nnc(S[C@@H](C)C(=O)c2ccc(Br)cc2)s1. The Morgan fingerprint density at radius 1 is 1.37 bits per heavy atom. The molecule has 0 aliphatic heterocycles. The van der Waals surface area contributed by atoms with E-state index in [0.717, 1.165) is 13.9 Å². The second-order valence-electron chi connectivity index (χ2n) is 3.75. The number of Topliss-reactive ketones (excluding diaryl/α,β-unsaturated/α-hetero) is 1. The molecule has 0 bridgehead atoms. The van der Waals surface area contributed by atoms with Crippen molar-refractivity contribution in [3.05, 3.63) is 34.3 Å². The predicted molar refractivity (Wildman–Crippen MR) is 83.2 cm³/mol. The summed E-state index contributed by atoms with van der Waals surface area (Å²) in [6.45, 7) is 1.88. The third-order valence-corrected chi connectivity index (χ3v) is 5.05. The highest BCUT2D eigenvalue weighted by atomic mass is 79.9. The number of carbonyl (C=O) groups is 1. The van der Waals surface area contributed by atoms with E-state index >= 15 is 0 Å². The molecule has 0 saturated heterocycles. The molecule has 1 atom stereocenters. The van der Waals surface area contributed by atoms with Gasteiger partial charge < -0.3 is 5.32 Å². The zero-order valence-electron chi connectivity index (χ0n) is 10.4. The predicted octanol–water partition coefficient (Wildman–Crippen LogP) is 3.71. The van der Waals surface area contributed by atoms with E-state index in [4.69, 9.17) is 0 Å². The van der Waals surface area contributed by atoms with Gasteiger partial charge in [-0.1, -0.05) is 51.2 Å². The molecular weight excluding hydrogens is 346 g/mol. The monoisotopic (exact) mass is 357 g/mol.